The van der Waals surface area contributed by atoms with Gasteiger partial charge in [0, 0.05) is 5.56 Å². The van der Waals surface area contributed by atoms with Gasteiger partial charge in [-0.05, 0) is 87.6 Å². The first-order valence-corrected chi connectivity index (χ1v) is 10.8. The highest BCUT2D eigenvalue weighted by atomic mass is 79.9. The van der Waals surface area contributed by atoms with Crippen LogP contribution in [0.1, 0.15) is 49.3 Å². The van der Waals surface area contributed by atoms with Crippen LogP contribution in [-0.2, 0) is 19.3 Å². The predicted molar refractivity (Wildman–Crippen MR) is 140 cm³/mol. The minimum atomic E-state index is -0.0339. The van der Waals surface area contributed by atoms with E-state index in [2.05, 4.69) is 10.6 Å². The number of phenols is 3. The normalized spacial score (nSPS) is 10.4. The molecule has 0 aliphatic heterocycles. The SMILES string of the molecule is Br.Br.CCc1c(CCNCCCCCCNCCc2ccc(O)cc2)ccc(O)c1O. The highest BCUT2D eigenvalue weighted by molar-refractivity contribution is 8.93. The fourth-order valence-corrected chi connectivity index (χ4v) is 3.52. The van der Waals surface area contributed by atoms with Gasteiger partial charge in [0.25, 0.3) is 0 Å². The second-order valence-corrected chi connectivity index (χ2v) is 7.51. The van der Waals surface area contributed by atoms with Crippen LogP contribution in [0.5, 0.6) is 17.2 Å². The Labute approximate surface area is 207 Å². The van der Waals surface area contributed by atoms with Crippen LogP contribution in [0.25, 0.3) is 0 Å². The van der Waals surface area contributed by atoms with E-state index in [4.69, 9.17) is 0 Å². The van der Waals surface area contributed by atoms with E-state index in [1.807, 2.05) is 25.1 Å². The quantitative estimate of drug-likeness (QED) is 0.165. The predicted octanol–water partition coefficient (Wildman–Crippen LogP) is 5.05. The Morgan fingerprint density at radius 2 is 1.26 bits per heavy atom. The van der Waals surface area contributed by atoms with Crippen molar-refractivity contribution in [3.8, 4) is 17.2 Å². The monoisotopic (exact) mass is 560 g/mol. The van der Waals surface area contributed by atoms with Crippen molar-refractivity contribution in [3.63, 3.8) is 0 Å². The van der Waals surface area contributed by atoms with Gasteiger partial charge >= 0.3 is 0 Å². The van der Waals surface area contributed by atoms with E-state index < -0.39 is 0 Å². The van der Waals surface area contributed by atoms with Gasteiger partial charge in [-0.1, -0.05) is 38.0 Å². The molecule has 0 saturated heterocycles. The Morgan fingerprint density at radius 3 is 1.84 bits per heavy atom. The molecular formula is C24H38Br2N2O3. The molecule has 0 aliphatic rings. The summed E-state index contributed by atoms with van der Waals surface area (Å²) in [5, 5.41) is 35.8. The highest BCUT2D eigenvalue weighted by Gasteiger charge is 2.09. The lowest BCUT2D eigenvalue weighted by Crippen LogP contribution is -2.19. The van der Waals surface area contributed by atoms with Gasteiger partial charge < -0.3 is 26.0 Å². The molecule has 0 atom stereocenters. The molecule has 0 unspecified atom stereocenters. The van der Waals surface area contributed by atoms with E-state index in [1.165, 1.54) is 31.2 Å². The zero-order chi connectivity index (χ0) is 20.9. The number of hydrogen-bond donors (Lipinski definition) is 5. The van der Waals surface area contributed by atoms with E-state index in [9.17, 15) is 15.3 Å². The van der Waals surface area contributed by atoms with Crippen LogP contribution in [-0.4, -0.2) is 41.5 Å². The van der Waals surface area contributed by atoms with Gasteiger partial charge in [-0.25, -0.2) is 0 Å². The zero-order valence-electron chi connectivity index (χ0n) is 18.4. The smallest absolute Gasteiger partial charge is 0.160 e. The van der Waals surface area contributed by atoms with Crippen LogP contribution in [0.2, 0.25) is 0 Å². The summed E-state index contributed by atoms with van der Waals surface area (Å²) in [6.45, 7) is 5.91. The Hall–Kier alpha value is -1.28. The number of aromatic hydroxyl groups is 3. The molecule has 0 saturated carbocycles. The number of unbranched alkanes of at least 4 members (excludes halogenated alkanes) is 3. The van der Waals surface area contributed by atoms with E-state index >= 15 is 0 Å². The second-order valence-electron chi connectivity index (χ2n) is 7.51. The molecular weight excluding hydrogens is 524 g/mol. The summed E-state index contributed by atoms with van der Waals surface area (Å²) in [4.78, 5) is 0. The van der Waals surface area contributed by atoms with E-state index in [0.717, 1.165) is 56.6 Å². The summed E-state index contributed by atoms with van der Waals surface area (Å²) < 4.78 is 0. The molecule has 2 aromatic carbocycles. The first-order valence-electron chi connectivity index (χ1n) is 10.8. The number of nitrogens with one attached hydrogen (secondary N) is 2. The van der Waals surface area contributed by atoms with Crippen molar-refractivity contribution >= 4 is 34.0 Å². The van der Waals surface area contributed by atoms with E-state index in [-0.39, 0.29) is 45.5 Å². The van der Waals surface area contributed by atoms with Crippen molar-refractivity contribution in [2.24, 2.45) is 0 Å². The molecule has 0 spiro atoms. The third-order valence-electron chi connectivity index (χ3n) is 5.27. The molecule has 2 rings (SSSR count). The molecule has 0 amide bonds. The molecule has 176 valence electrons. The second kappa shape index (κ2) is 17.3. The fourth-order valence-electron chi connectivity index (χ4n) is 3.52. The van der Waals surface area contributed by atoms with Crippen LogP contribution in [0.15, 0.2) is 36.4 Å². The Bertz CT molecular complexity index is 728. The zero-order valence-corrected chi connectivity index (χ0v) is 21.8. The number of rotatable bonds is 14. The molecule has 31 heavy (non-hydrogen) atoms. The highest BCUT2D eigenvalue weighted by Crippen LogP contribution is 2.31. The van der Waals surface area contributed by atoms with Crippen molar-refractivity contribution in [1.82, 2.24) is 10.6 Å². The summed E-state index contributed by atoms with van der Waals surface area (Å²) >= 11 is 0. The average Bonchev–Trinajstić information content (AvgIpc) is 2.72. The Morgan fingerprint density at radius 1 is 0.677 bits per heavy atom. The maximum Gasteiger partial charge on any atom is 0.160 e. The van der Waals surface area contributed by atoms with E-state index in [1.54, 1.807) is 18.2 Å². The van der Waals surface area contributed by atoms with Gasteiger partial charge in [-0.15, -0.1) is 34.0 Å². The summed E-state index contributed by atoms with van der Waals surface area (Å²) in [6.07, 6.45) is 7.41. The van der Waals surface area contributed by atoms with Crippen molar-refractivity contribution < 1.29 is 15.3 Å². The fraction of sp³-hybridized carbons (Fsp3) is 0.500. The third kappa shape index (κ3) is 11.2. The molecule has 0 bridgehead atoms. The number of hydrogen-bond acceptors (Lipinski definition) is 5. The number of benzene rings is 2. The van der Waals surface area contributed by atoms with Crippen LogP contribution >= 0.6 is 34.0 Å². The van der Waals surface area contributed by atoms with Gasteiger partial charge in [0.05, 0.1) is 0 Å². The summed E-state index contributed by atoms with van der Waals surface area (Å²) in [5.41, 5.74) is 3.20. The largest absolute Gasteiger partial charge is 0.508 e. The molecule has 0 radical (unpaired) electrons. The van der Waals surface area contributed by atoms with Gasteiger partial charge in [0.2, 0.25) is 0 Å². The molecule has 0 aromatic heterocycles. The molecule has 7 heteroatoms. The minimum Gasteiger partial charge on any atom is -0.508 e. The average molecular weight is 562 g/mol. The summed E-state index contributed by atoms with van der Waals surface area (Å²) in [6, 6.07) is 10.9. The molecule has 0 aliphatic carbocycles. The van der Waals surface area contributed by atoms with Crippen molar-refractivity contribution in [2.75, 3.05) is 26.2 Å². The van der Waals surface area contributed by atoms with Crippen LogP contribution < -0.4 is 10.6 Å². The van der Waals surface area contributed by atoms with Gasteiger partial charge in [-0.2, -0.15) is 0 Å². The van der Waals surface area contributed by atoms with Crippen molar-refractivity contribution in [2.45, 2.75) is 51.9 Å². The van der Waals surface area contributed by atoms with Crippen LogP contribution in [0.4, 0.5) is 0 Å². The first-order chi connectivity index (χ1) is 14.1. The third-order valence-corrected chi connectivity index (χ3v) is 5.27. The topological polar surface area (TPSA) is 84.8 Å². The Kier molecular flexibility index (Phi) is 16.6. The number of phenolic OH excluding ortho intramolecular Hbond substituents is 3. The summed E-state index contributed by atoms with van der Waals surface area (Å²) in [5.74, 6) is 0.316. The standard InChI is InChI=1S/C24H36N2O3.2BrH/c1-2-22-20(9-12-23(28)24(22)29)14-18-26-16-6-4-3-5-15-25-17-13-19-7-10-21(27)11-8-19;;/h7-12,25-29H,2-6,13-18H2,1H3;2*1H. The summed E-state index contributed by atoms with van der Waals surface area (Å²) in [7, 11) is 0. The minimum absolute atomic E-state index is 0. The van der Waals surface area contributed by atoms with Crippen LogP contribution in [0.3, 0.4) is 0 Å². The number of halogens is 2. The van der Waals surface area contributed by atoms with Gasteiger partial charge in [-0.3, -0.25) is 0 Å². The first kappa shape index (κ1) is 29.7. The molecule has 5 N–H and O–H groups in total. The van der Waals surface area contributed by atoms with Gasteiger partial charge in [0.1, 0.15) is 5.75 Å². The Balaban J connectivity index is 0.00000450. The maximum atomic E-state index is 9.94. The lowest BCUT2D eigenvalue weighted by atomic mass is 10.0. The van der Waals surface area contributed by atoms with E-state index in [0.29, 0.717) is 5.75 Å². The molecule has 5 nitrogen and oxygen atoms in total. The molecule has 2 aromatic rings. The van der Waals surface area contributed by atoms with Gasteiger partial charge in [0.15, 0.2) is 11.5 Å². The van der Waals surface area contributed by atoms with Crippen molar-refractivity contribution in [3.05, 3.63) is 53.1 Å². The molecule has 0 fully saturated rings. The molecule has 0 heterocycles. The lowest BCUT2D eigenvalue weighted by Gasteiger charge is -2.12. The maximum absolute atomic E-state index is 9.94. The lowest BCUT2D eigenvalue weighted by molar-refractivity contribution is 0.399. The van der Waals surface area contributed by atoms with Crippen molar-refractivity contribution in [1.29, 1.82) is 0 Å². The van der Waals surface area contributed by atoms with Crippen LogP contribution in [0, 0.1) is 0 Å².